The minimum atomic E-state index is -5.31. The van der Waals surface area contributed by atoms with Gasteiger partial charge in [-0.25, -0.2) is 13.4 Å². The molecule has 1 heterocycles. The van der Waals surface area contributed by atoms with Gasteiger partial charge in [0.25, 0.3) is 0 Å². The zero-order valence-electron chi connectivity index (χ0n) is 16.0. The summed E-state index contributed by atoms with van der Waals surface area (Å²) in [7, 11) is -0.586. The van der Waals surface area contributed by atoms with Crippen LogP contribution in [0.1, 0.15) is 12.8 Å². The number of hydrogen-bond donors (Lipinski definition) is 2. The van der Waals surface area contributed by atoms with Gasteiger partial charge in [-0.2, -0.15) is 17.5 Å². The first-order valence-electron chi connectivity index (χ1n) is 8.29. The zero-order valence-corrected chi connectivity index (χ0v) is 19.1. The van der Waals surface area contributed by atoms with Gasteiger partial charge in [0.1, 0.15) is 6.54 Å². The maximum Gasteiger partial charge on any atom is 0.511 e. The van der Waals surface area contributed by atoms with Gasteiger partial charge >= 0.3 is 15.5 Å². The molecule has 1 fully saturated rings. The van der Waals surface area contributed by atoms with Gasteiger partial charge in [0.2, 0.25) is 5.91 Å². The van der Waals surface area contributed by atoms with E-state index in [1.165, 1.54) is 12.0 Å². The molecule has 0 aromatic rings. The van der Waals surface area contributed by atoms with Crippen LogP contribution in [0.2, 0.25) is 0 Å². The third-order valence-electron chi connectivity index (χ3n) is 3.90. The van der Waals surface area contributed by atoms with Crippen molar-refractivity contribution in [2.75, 3.05) is 54.0 Å². The molecule has 9 nitrogen and oxygen atoms in total. The van der Waals surface area contributed by atoms with Crippen molar-refractivity contribution in [2.45, 2.75) is 24.4 Å². The first-order chi connectivity index (χ1) is 12.5. The molecule has 1 rings (SSSR count). The minimum absolute atomic E-state index is 0. The number of amides is 1. The molecule has 0 saturated carbocycles. The van der Waals surface area contributed by atoms with Gasteiger partial charge in [-0.1, -0.05) is 0 Å². The fourth-order valence-corrected chi connectivity index (χ4v) is 3.28. The van der Waals surface area contributed by atoms with Crippen LogP contribution in [-0.2, 0) is 19.6 Å². The second-order valence-corrected chi connectivity index (χ2v) is 8.07. The number of hydrogen-bond acceptors (Lipinski definition) is 5. The van der Waals surface area contributed by atoms with Crippen molar-refractivity contribution in [2.24, 2.45) is 4.99 Å². The van der Waals surface area contributed by atoms with Crippen molar-refractivity contribution >= 4 is 45.9 Å². The highest BCUT2D eigenvalue weighted by atomic mass is 127. The van der Waals surface area contributed by atoms with E-state index in [1.807, 2.05) is 0 Å². The van der Waals surface area contributed by atoms with Gasteiger partial charge in [-0.3, -0.25) is 4.79 Å². The second kappa shape index (κ2) is 12.0. The molecule has 0 unspecified atom stereocenters. The lowest BCUT2D eigenvalue weighted by molar-refractivity contribution is -0.127. The van der Waals surface area contributed by atoms with Crippen LogP contribution in [-0.4, -0.2) is 95.0 Å². The lowest BCUT2D eigenvalue weighted by atomic mass is 10.1. The number of carbonyl (C=O) groups is 1. The summed E-state index contributed by atoms with van der Waals surface area (Å²) in [5, 5.41) is 5.99. The van der Waals surface area contributed by atoms with Gasteiger partial charge in [-0.15, -0.1) is 24.0 Å². The zero-order chi connectivity index (χ0) is 20.7. The van der Waals surface area contributed by atoms with E-state index in [-0.39, 0.29) is 68.4 Å². The van der Waals surface area contributed by atoms with E-state index in [4.69, 9.17) is 4.74 Å². The molecule has 166 valence electrons. The number of rotatable bonds is 7. The molecule has 1 saturated heterocycles. The molecule has 28 heavy (non-hydrogen) atoms. The molecule has 1 aliphatic heterocycles. The van der Waals surface area contributed by atoms with Crippen LogP contribution in [0.5, 0.6) is 0 Å². The number of aliphatic imine (C=N–C) groups is 1. The quantitative estimate of drug-likeness (QED) is 0.205. The maximum atomic E-state index is 12.6. The summed E-state index contributed by atoms with van der Waals surface area (Å²) in [6.45, 7) is 0.212. The van der Waals surface area contributed by atoms with Crippen LogP contribution in [0.15, 0.2) is 4.99 Å². The summed E-state index contributed by atoms with van der Waals surface area (Å²) >= 11 is 0. The summed E-state index contributed by atoms with van der Waals surface area (Å²) in [5.41, 5.74) is -5.30. The fourth-order valence-electron chi connectivity index (χ4n) is 2.29. The number of sulfonamides is 1. The van der Waals surface area contributed by atoms with Crippen molar-refractivity contribution in [3.8, 4) is 0 Å². The predicted molar refractivity (Wildman–Crippen MR) is 109 cm³/mol. The lowest BCUT2D eigenvalue weighted by Gasteiger charge is -2.32. The average Bonchev–Trinajstić information content (AvgIpc) is 2.58. The number of halogens is 4. The Kier molecular flexibility index (Phi) is 11.6. The molecule has 0 bridgehead atoms. The minimum Gasteiger partial charge on any atom is -0.383 e. The van der Waals surface area contributed by atoms with Crippen LogP contribution >= 0.6 is 24.0 Å². The van der Waals surface area contributed by atoms with Gasteiger partial charge in [0, 0.05) is 46.9 Å². The number of nitrogens with zero attached hydrogens (tertiary/aromatic N) is 3. The van der Waals surface area contributed by atoms with E-state index in [2.05, 4.69) is 15.6 Å². The van der Waals surface area contributed by atoms with Crippen LogP contribution in [0.4, 0.5) is 13.2 Å². The standard InChI is InChI=1S/C14H26F3N5O4S.HI/c1-21(2)12(23)10-19-13(18-6-9-26-3)20-11-4-7-22(8-5-11)27(24,25)14(15,16)17;/h11H,4-10H2,1-3H3,(H2,18,19,20);1H. The third-order valence-corrected chi connectivity index (χ3v) is 5.53. The molecule has 1 amide bonds. The molecule has 2 N–H and O–H groups in total. The first kappa shape index (κ1) is 27.1. The number of ether oxygens (including phenoxy) is 1. The highest BCUT2D eigenvalue weighted by molar-refractivity contribution is 14.0. The molecule has 1 aliphatic rings. The molecule has 14 heteroatoms. The first-order valence-corrected chi connectivity index (χ1v) is 9.73. The van der Waals surface area contributed by atoms with Crippen molar-refractivity contribution in [3.05, 3.63) is 0 Å². The monoisotopic (exact) mass is 545 g/mol. The number of guanidine groups is 1. The van der Waals surface area contributed by atoms with E-state index in [9.17, 15) is 26.4 Å². The summed E-state index contributed by atoms with van der Waals surface area (Å²) in [5.74, 6) is 0.105. The average molecular weight is 545 g/mol. The number of methoxy groups -OCH3 is 1. The van der Waals surface area contributed by atoms with E-state index in [1.54, 1.807) is 14.1 Å². The van der Waals surface area contributed by atoms with Crippen LogP contribution < -0.4 is 10.6 Å². The van der Waals surface area contributed by atoms with Crippen molar-refractivity contribution in [3.63, 3.8) is 0 Å². The molecule has 0 radical (unpaired) electrons. The molecule has 0 atom stereocenters. The smallest absolute Gasteiger partial charge is 0.383 e. The number of alkyl halides is 3. The Bertz CT molecular complexity index is 623. The second-order valence-electron chi connectivity index (χ2n) is 6.14. The van der Waals surface area contributed by atoms with Gasteiger partial charge < -0.3 is 20.3 Å². The Balaban J connectivity index is 0.00000729. The molecular weight excluding hydrogens is 518 g/mol. The van der Waals surface area contributed by atoms with Gasteiger partial charge in [0.15, 0.2) is 5.96 Å². The lowest BCUT2D eigenvalue weighted by Crippen LogP contribution is -2.52. The van der Waals surface area contributed by atoms with Crippen molar-refractivity contribution in [1.82, 2.24) is 19.8 Å². The van der Waals surface area contributed by atoms with Crippen LogP contribution in [0.3, 0.4) is 0 Å². The summed E-state index contributed by atoms with van der Waals surface area (Å²) in [4.78, 5) is 17.2. The van der Waals surface area contributed by atoms with Crippen molar-refractivity contribution in [1.29, 1.82) is 0 Å². The van der Waals surface area contributed by atoms with Crippen molar-refractivity contribution < 1.29 is 31.1 Å². The predicted octanol–water partition coefficient (Wildman–Crippen LogP) is 0.188. The van der Waals surface area contributed by atoms with E-state index < -0.39 is 15.5 Å². The highest BCUT2D eigenvalue weighted by Gasteiger charge is 2.50. The third kappa shape index (κ3) is 8.24. The molecule has 0 aromatic heterocycles. The number of piperidine rings is 1. The van der Waals surface area contributed by atoms with E-state index >= 15 is 0 Å². The van der Waals surface area contributed by atoms with Crippen LogP contribution in [0.25, 0.3) is 0 Å². The Labute approximate surface area is 180 Å². The largest absolute Gasteiger partial charge is 0.511 e. The maximum absolute atomic E-state index is 12.6. The highest BCUT2D eigenvalue weighted by Crippen LogP contribution is 2.28. The molecule has 0 aliphatic carbocycles. The van der Waals surface area contributed by atoms with E-state index in [0.29, 0.717) is 23.4 Å². The fraction of sp³-hybridized carbons (Fsp3) is 0.857. The van der Waals surface area contributed by atoms with Gasteiger partial charge in [-0.05, 0) is 12.8 Å². The van der Waals surface area contributed by atoms with E-state index in [0.717, 1.165) is 0 Å². The Morgan fingerprint density at radius 1 is 1.29 bits per heavy atom. The summed E-state index contributed by atoms with van der Waals surface area (Å²) in [6.07, 6.45) is 0.365. The summed E-state index contributed by atoms with van der Waals surface area (Å²) < 4.78 is 66.1. The molecular formula is C14H27F3IN5O4S. The topological polar surface area (TPSA) is 103 Å². The summed E-state index contributed by atoms with van der Waals surface area (Å²) in [6, 6.07) is -0.270. The Hall–Kier alpha value is -0.870. The number of likely N-dealkylation sites (N-methyl/N-ethyl adjacent to an activating group) is 1. The number of carbonyl (C=O) groups excluding carboxylic acids is 1. The van der Waals surface area contributed by atoms with Gasteiger partial charge in [0.05, 0.1) is 6.61 Å². The SMILES string of the molecule is COCCNC(=NCC(=O)N(C)C)NC1CCN(S(=O)(=O)C(F)(F)F)CC1.I. The molecule has 0 spiro atoms. The number of nitrogens with one attached hydrogen (secondary N) is 2. The normalized spacial score (nSPS) is 17.0. The Morgan fingerprint density at radius 2 is 1.86 bits per heavy atom. The Morgan fingerprint density at radius 3 is 2.32 bits per heavy atom. The molecule has 0 aromatic carbocycles. The van der Waals surface area contributed by atoms with Crippen LogP contribution in [0, 0.1) is 0 Å².